The van der Waals surface area contributed by atoms with Gasteiger partial charge in [0.1, 0.15) is 0 Å². The zero-order valence-corrected chi connectivity index (χ0v) is 17.0. The first-order valence-corrected chi connectivity index (χ1v) is 10.6. The van der Waals surface area contributed by atoms with E-state index in [1.165, 1.54) is 25.7 Å². The van der Waals surface area contributed by atoms with E-state index in [0.717, 1.165) is 51.5 Å². The molecule has 0 aromatic rings. The van der Waals surface area contributed by atoms with Crippen LogP contribution in [0.25, 0.3) is 0 Å². The van der Waals surface area contributed by atoms with Gasteiger partial charge in [-0.05, 0) is 37.0 Å². The van der Waals surface area contributed by atoms with Gasteiger partial charge in [-0.25, -0.2) is 0 Å². The maximum Gasteiger partial charge on any atom is 0.236 e. The molecule has 2 saturated heterocycles. The SMILES string of the molecule is CC(C)(C)CC(=O)N1CCC(N2CCN(CC3CCCC3)C(=O)C2)CC1. The minimum atomic E-state index is 0.0516. The van der Waals surface area contributed by atoms with Gasteiger partial charge < -0.3 is 9.80 Å². The Bertz CT molecular complexity index is 500. The molecule has 2 heterocycles. The molecule has 0 spiro atoms. The summed E-state index contributed by atoms with van der Waals surface area (Å²) in [5.41, 5.74) is 0.0516. The molecule has 0 N–H and O–H groups in total. The topological polar surface area (TPSA) is 43.9 Å². The van der Waals surface area contributed by atoms with E-state index in [2.05, 4.69) is 30.6 Å². The second-order valence-electron chi connectivity index (χ2n) is 9.81. The Labute approximate surface area is 159 Å². The third kappa shape index (κ3) is 5.21. The minimum Gasteiger partial charge on any atom is -0.343 e. The standard InChI is InChI=1S/C21H37N3O2/c1-21(2,3)14-19(25)22-10-8-18(9-11-22)23-12-13-24(20(26)16-23)15-17-6-4-5-7-17/h17-18H,4-16H2,1-3H3. The molecule has 0 aromatic carbocycles. The van der Waals surface area contributed by atoms with E-state index in [9.17, 15) is 9.59 Å². The van der Waals surface area contributed by atoms with Gasteiger partial charge in [0.15, 0.2) is 0 Å². The van der Waals surface area contributed by atoms with Crippen molar-refractivity contribution in [2.45, 2.75) is 71.8 Å². The van der Waals surface area contributed by atoms with Crippen LogP contribution in [0.3, 0.4) is 0 Å². The zero-order valence-electron chi connectivity index (χ0n) is 17.0. The predicted molar refractivity (Wildman–Crippen MR) is 104 cm³/mol. The van der Waals surface area contributed by atoms with Crippen molar-refractivity contribution < 1.29 is 9.59 Å². The summed E-state index contributed by atoms with van der Waals surface area (Å²) in [6.45, 7) is 11.5. The van der Waals surface area contributed by atoms with Crippen LogP contribution in [0.2, 0.25) is 0 Å². The second kappa shape index (κ2) is 8.28. The second-order valence-corrected chi connectivity index (χ2v) is 9.81. The minimum absolute atomic E-state index is 0.0516. The van der Waals surface area contributed by atoms with Gasteiger partial charge in [-0.1, -0.05) is 33.6 Å². The van der Waals surface area contributed by atoms with Crippen LogP contribution >= 0.6 is 0 Å². The molecule has 148 valence electrons. The molecule has 26 heavy (non-hydrogen) atoms. The van der Waals surface area contributed by atoms with Crippen molar-refractivity contribution in [1.29, 1.82) is 0 Å². The van der Waals surface area contributed by atoms with Crippen molar-refractivity contribution in [2.24, 2.45) is 11.3 Å². The van der Waals surface area contributed by atoms with Gasteiger partial charge >= 0.3 is 0 Å². The molecule has 1 saturated carbocycles. The van der Waals surface area contributed by atoms with E-state index < -0.39 is 0 Å². The van der Waals surface area contributed by atoms with Crippen molar-refractivity contribution in [3.8, 4) is 0 Å². The van der Waals surface area contributed by atoms with Gasteiger partial charge in [-0.3, -0.25) is 14.5 Å². The van der Waals surface area contributed by atoms with Crippen LogP contribution in [-0.4, -0.2) is 71.8 Å². The number of carbonyl (C=O) groups excluding carboxylic acids is 2. The summed E-state index contributed by atoms with van der Waals surface area (Å²) in [5, 5.41) is 0. The molecule has 0 aromatic heterocycles. The van der Waals surface area contributed by atoms with Crippen LogP contribution in [0, 0.1) is 11.3 Å². The number of hydrogen-bond donors (Lipinski definition) is 0. The highest BCUT2D eigenvalue weighted by Crippen LogP contribution is 2.27. The van der Waals surface area contributed by atoms with Crippen LogP contribution in [-0.2, 0) is 9.59 Å². The van der Waals surface area contributed by atoms with Crippen LogP contribution in [0.1, 0.15) is 65.7 Å². The average Bonchev–Trinajstić information content (AvgIpc) is 3.08. The Morgan fingerprint density at radius 2 is 1.65 bits per heavy atom. The van der Waals surface area contributed by atoms with Gasteiger partial charge in [0, 0.05) is 45.2 Å². The van der Waals surface area contributed by atoms with Crippen LogP contribution in [0.4, 0.5) is 0 Å². The Kier molecular flexibility index (Phi) is 6.26. The van der Waals surface area contributed by atoms with Crippen LogP contribution in [0.5, 0.6) is 0 Å². The fourth-order valence-corrected chi connectivity index (χ4v) is 4.78. The predicted octanol–water partition coefficient (Wildman–Crippen LogP) is 2.75. The van der Waals surface area contributed by atoms with Gasteiger partial charge in [0.05, 0.1) is 6.54 Å². The molecule has 0 atom stereocenters. The largest absolute Gasteiger partial charge is 0.343 e. The smallest absolute Gasteiger partial charge is 0.236 e. The molecule has 5 heteroatoms. The Balaban J connectivity index is 1.42. The number of piperazine rings is 1. The number of nitrogens with zero attached hydrogens (tertiary/aromatic N) is 3. The molecule has 0 unspecified atom stereocenters. The molecule has 0 bridgehead atoms. The van der Waals surface area contributed by atoms with E-state index in [4.69, 9.17) is 0 Å². The quantitative estimate of drug-likeness (QED) is 0.771. The normalized spacial score (nSPS) is 24.5. The summed E-state index contributed by atoms with van der Waals surface area (Å²) in [6, 6.07) is 0.464. The molecule has 3 rings (SSSR count). The zero-order chi connectivity index (χ0) is 18.7. The lowest BCUT2D eigenvalue weighted by Gasteiger charge is -2.43. The molecular weight excluding hydrogens is 326 g/mol. The van der Waals surface area contributed by atoms with Crippen molar-refractivity contribution in [1.82, 2.24) is 14.7 Å². The first-order chi connectivity index (χ1) is 12.3. The third-order valence-corrected chi connectivity index (χ3v) is 6.32. The van der Waals surface area contributed by atoms with Crippen molar-refractivity contribution >= 4 is 11.8 Å². The summed E-state index contributed by atoms with van der Waals surface area (Å²) < 4.78 is 0. The van der Waals surface area contributed by atoms with Crippen molar-refractivity contribution in [3.05, 3.63) is 0 Å². The van der Waals surface area contributed by atoms with Gasteiger partial charge in [-0.15, -0.1) is 0 Å². The lowest BCUT2D eigenvalue weighted by Crippen LogP contribution is -2.56. The molecule has 1 aliphatic carbocycles. The Hall–Kier alpha value is -1.10. The van der Waals surface area contributed by atoms with E-state index >= 15 is 0 Å². The molecular formula is C21H37N3O2. The lowest BCUT2D eigenvalue weighted by molar-refractivity contribution is -0.140. The highest BCUT2D eigenvalue weighted by molar-refractivity contribution is 5.79. The number of piperidine rings is 1. The molecule has 5 nitrogen and oxygen atoms in total. The first-order valence-electron chi connectivity index (χ1n) is 10.6. The third-order valence-electron chi connectivity index (χ3n) is 6.32. The monoisotopic (exact) mass is 363 g/mol. The molecule has 3 aliphatic rings. The maximum atomic E-state index is 12.6. The van der Waals surface area contributed by atoms with Gasteiger partial charge in [-0.2, -0.15) is 0 Å². The molecule has 2 amide bonds. The average molecular weight is 364 g/mol. The molecule has 3 fully saturated rings. The van der Waals surface area contributed by atoms with E-state index in [-0.39, 0.29) is 11.3 Å². The number of hydrogen-bond acceptors (Lipinski definition) is 3. The summed E-state index contributed by atoms with van der Waals surface area (Å²) in [7, 11) is 0. The van der Waals surface area contributed by atoms with Gasteiger partial charge in [0.25, 0.3) is 0 Å². The maximum absolute atomic E-state index is 12.6. The van der Waals surface area contributed by atoms with Crippen molar-refractivity contribution in [3.63, 3.8) is 0 Å². The lowest BCUT2D eigenvalue weighted by atomic mass is 9.91. The van der Waals surface area contributed by atoms with E-state index in [0.29, 0.717) is 24.9 Å². The number of carbonyl (C=O) groups is 2. The number of likely N-dealkylation sites (tertiary alicyclic amines) is 1. The highest BCUT2D eigenvalue weighted by atomic mass is 16.2. The molecule has 0 radical (unpaired) electrons. The highest BCUT2D eigenvalue weighted by Gasteiger charge is 2.33. The van der Waals surface area contributed by atoms with E-state index in [1.807, 2.05) is 4.90 Å². The first kappa shape index (κ1) is 19.7. The number of rotatable bonds is 4. The number of amides is 2. The Morgan fingerprint density at radius 1 is 1.00 bits per heavy atom. The summed E-state index contributed by atoms with van der Waals surface area (Å²) in [6.07, 6.45) is 7.91. The van der Waals surface area contributed by atoms with Crippen LogP contribution in [0.15, 0.2) is 0 Å². The molecule has 2 aliphatic heterocycles. The fraction of sp³-hybridized carbons (Fsp3) is 0.905. The summed E-state index contributed by atoms with van der Waals surface area (Å²) in [4.78, 5) is 31.5. The van der Waals surface area contributed by atoms with Crippen LogP contribution < -0.4 is 0 Å². The summed E-state index contributed by atoms with van der Waals surface area (Å²) >= 11 is 0. The van der Waals surface area contributed by atoms with E-state index in [1.54, 1.807) is 0 Å². The Morgan fingerprint density at radius 3 is 2.23 bits per heavy atom. The summed E-state index contributed by atoms with van der Waals surface area (Å²) in [5.74, 6) is 1.34. The van der Waals surface area contributed by atoms with Gasteiger partial charge in [0.2, 0.25) is 11.8 Å². The fourth-order valence-electron chi connectivity index (χ4n) is 4.78. The van der Waals surface area contributed by atoms with Crippen molar-refractivity contribution in [2.75, 3.05) is 39.3 Å².